The molecule has 6 heteroatoms. The summed E-state index contributed by atoms with van der Waals surface area (Å²) in [6.07, 6.45) is 0. The van der Waals surface area contributed by atoms with Crippen LogP contribution in [0, 0.1) is 0 Å². The molecule has 0 bridgehead atoms. The summed E-state index contributed by atoms with van der Waals surface area (Å²) >= 11 is 0. The molecule has 1 unspecified atom stereocenters. The van der Waals surface area contributed by atoms with Gasteiger partial charge in [-0.1, -0.05) is 6.07 Å². The highest BCUT2D eigenvalue weighted by Crippen LogP contribution is 2.35. The molecule has 6 nitrogen and oxygen atoms in total. The number of imide groups is 1. The summed E-state index contributed by atoms with van der Waals surface area (Å²) in [6, 6.07) is 4.16. The number of hydrogen-bond donors (Lipinski definition) is 1. The zero-order chi connectivity index (χ0) is 12.0. The Hall–Kier alpha value is -2.24. The first-order valence-corrected chi connectivity index (χ1v) is 5.14. The van der Waals surface area contributed by atoms with Crippen molar-refractivity contribution in [1.29, 1.82) is 0 Å². The van der Waals surface area contributed by atoms with Crippen molar-refractivity contribution in [1.82, 2.24) is 10.2 Å². The first-order chi connectivity index (χ1) is 8.16. The fraction of sp³-hybridized carbons (Fsp3) is 0.273. The van der Waals surface area contributed by atoms with E-state index < -0.39 is 12.1 Å². The monoisotopic (exact) mass is 234 g/mol. The lowest BCUT2D eigenvalue weighted by atomic mass is 10.1. The number of likely N-dealkylation sites (N-methyl/N-ethyl adjacent to an activating group) is 1. The maximum absolute atomic E-state index is 11.8. The summed E-state index contributed by atoms with van der Waals surface area (Å²) in [5.74, 6) is 0.979. The van der Waals surface area contributed by atoms with E-state index >= 15 is 0 Å². The van der Waals surface area contributed by atoms with Gasteiger partial charge in [0.2, 0.25) is 6.79 Å². The molecule has 0 saturated carbocycles. The van der Waals surface area contributed by atoms with Crippen LogP contribution in [0.4, 0.5) is 4.79 Å². The number of amides is 3. The van der Waals surface area contributed by atoms with Crippen LogP contribution in [0.2, 0.25) is 0 Å². The average Bonchev–Trinajstić information content (AvgIpc) is 2.89. The number of rotatable bonds is 1. The Morgan fingerprint density at radius 3 is 2.76 bits per heavy atom. The van der Waals surface area contributed by atoms with Crippen molar-refractivity contribution in [2.45, 2.75) is 6.04 Å². The molecule has 0 aromatic heterocycles. The van der Waals surface area contributed by atoms with E-state index in [-0.39, 0.29) is 12.7 Å². The molecule has 88 valence electrons. The summed E-state index contributed by atoms with van der Waals surface area (Å²) in [4.78, 5) is 24.2. The third-order valence-corrected chi connectivity index (χ3v) is 2.88. The molecule has 2 aliphatic heterocycles. The van der Waals surface area contributed by atoms with Gasteiger partial charge in [-0.15, -0.1) is 0 Å². The quantitative estimate of drug-likeness (QED) is 0.724. The minimum atomic E-state index is -0.637. The van der Waals surface area contributed by atoms with E-state index in [1.807, 2.05) is 0 Å². The van der Waals surface area contributed by atoms with Crippen LogP contribution in [-0.2, 0) is 4.79 Å². The van der Waals surface area contributed by atoms with E-state index in [0.717, 1.165) is 4.90 Å². The summed E-state index contributed by atoms with van der Waals surface area (Å²) < 4.78 is 10.4. The van der Waals surface area contributed by atoms with Gasteiger partial charge >= 0.3 is 6.03 Å². The number of nitrogens with one attached hydrogen (secondary N) is 1. The Kier molecular flexibility index (Phi) is 1.98. The highest BCUT2D eigenvalue weighted by molar-refractivity contribution is 6.04. The zero-order valence-corrected chi connectivity index (χ0v) is 9.10. The van der Waals surface area contributed by atoms with E-state index in [1.165, 1.54) is 7.05 Å². The number of carbonyl (C=O) groups excluding carboxylic acids is 2. The lowest BCUT2D eigenvalue weighted by Gasteiger charge is -2.08. The second-order valence-electron chi connectivity index (χ2n) is 3.89. The molecule has 1 atom stereocenters. The minimum absolute atomic E-state index is 0.184. The van der Waals surface area contributed by atoms with E-state index in [2.05, 4.69) is 5.32 Å². The molecule has 1 aromatic rings. The van der Waals surface area contributed by atoms with Gasteiger partial charge in [0.05, 0.1) is 0 Å². The first-order valence-electron chi connectivity index (χ1n) is 5.14. The van der Waals surface area contributed by atoms with Gasteiger partial charge in [0.15, 0.2) is 11.5 Å². The molecule has 3 rings (SSSR count). The van der Waals surface area contributed by atoms with Crippen LogP contribution in [0.3, 0.4) is 0 Å². The Balaban J connectivity index is 1.95. The van der Waals surface area contributed by atoms with Crippen LogP contribution in [0.15, 0.2) is 18.2 Å². The van der Waals surface area contributed by atoms with E-state index in [1.54, 1.807) is 18.2 Å². The largest absolute Gasteiger partial charge is 0.454 e. The van der Waals surface area contributed by atoms with E-state index in [0.29, 0.717) is 17.1 Å². The number of ether oxygens (including phenoxy) is 2. The van der Waals surface area contributed by atoms with Crippen molar-refractivity contribution in [2.24, 2.45) is 0 Å². The van der Waals surface area contributed by atoms with Gasteiger partial charge in [0.1, 0.15) is 6.04 Å². The third kappa shape index (κ3) is 1.41. The lowest BCUT2D eigenvalue weighted by molar-refractivity contribution is -0.126. The molecule has 0 spiro atoms. The highest BCUT2D eigenvalue weighted by Gasteiger charge is 2.36. The van der Waals surface area contributed by atoms with Crippen LogP contribution in [0.5, 0.6) is 11.5 Å². The van der Waals surface area contributed by atoms with Gasteiger partial charge in [-0.25, -0.2) is 4.79 Å². The Morgan fingerprint density at radius 1 is 1.29 bits per heavy atom. The van der Waals surface area contributed by atoms with E-state index in [9.17, 15) is 9.59 Å². The maximum atomic E-state index is 11.8. The van der Waals surface area contributed by atoms with E-state index in [4.69, 9.17) is 9.47 Å². The molecule has 1 fully saturated rings. The summed E-state index contributed by atoms with van der Waals surface area (Å²) in [6.45, 7) is 0.184. The smallest absolute Gasteiger partial charge is 0.324 e. The Bertz CT molecular complexity index is 514. The summed E-state index contributed by atoms with van der Waals surface area (Å²) in [5.41, 5.74) is 0.692. The molecule has 1 saturated heterocycles. The Morgan fingerprint density at radius 2 is 2.06 bits per heavy atom. The van der Waals surface area contributed by atoms with Gasteiger partial charge in [-0.3, -0.25) is 9.69 Å². The molecule has 0 aliphatic carbocycles. The molecule has 17 heavy (non-hydrogen) atoms. The van der Waals surface area contributed by atoms with Crippen molar-refractivity contribution < 1.29 is 19.1 Å². The van der Waals surface area contributed by atoms with Crippen molar-refractivity contribution in [3.63, 3.8) is 0 Å². The van der Waals surface area contributed by atoms with Gasteiger partial charge in [-0.05, 0) is 17.7 Å². The maximum Gasteiger partial charge on any atom is 0.324 e. The zero-order valence-electron chi connectivity index (χ0n) is 9.10. The topological polar surface area (TPSA) is 67.9 Å². The summed E-state index contributed by atoms with van der Waals surface area (Å²) in [7, 11) is 1.45. The van der Waals surface area contributed by atoms with Gasteiger partial charge in [0.25, 0.3) is 5.91 Å². The number of carbonyl (C=O) groups is 2. The molecule has 0 radical (unpaired) electrons. The molecule has 2 aliphatic rings. The third-order valence-electron chi connectivity index (χ3n) is 2.88. The number of benzene rings is 1. The molecular weight excluding hydrogens is 224 g/mol. The minimum Gasteiger partial charge on any atom is -0.454 e. The number of hydrogen-bond acceptors (Lipinski definition) is 4. The molecular formula is C11H10N2O4. The molecule has 1 aromatic carbocycles. The number of urea groups is 1. The number of fused-ring (bicyclic) bond motifs is 1. The SMILES string of the molecule is CN1C(=O)NC(c2ccc3c(c2)OCO3)C1=O. The van der Waals surface area contributed by atoms with Crippen LogP contribution < -0.4 is 14.8 Å². The fourth-order valence-electron chi connectivity index (χ4n) is 1.89. The highest BCUT2D eigenvalue weighted by atomic mass is 16.7. The lowest BCUT2D eigenvalue weighted by Crippen LogP contribution is -2.25. The van der Waals surface area contributed by atoms with Gasteiger partial charge < -0.3 is 14.8 Å². The van der Waals surface area contributed by atoms with Crippen LogP contribution in [0.1, 0.15) is 11.6 Å². The van der Waals surface area contributed by atoms with Gasteiger partial charge in [0, 0.05) is 7.05 Å². The first kappa shape index (κ1) is 9.95. The average molecular weight is 234 g/mol. The predicted molar refractivity (Wildman–Crippen MR) is 56.6 cm³/mol. The second kappa shape index (κ2) is 3.38. The van der Waals surface area contributed by atoms with Gasteiger partial charge in [-0.2, -0.15) is 0 Å². The van der Waals surface area contributed by atoms with Crippen LogP contribution in [-0.4, -0.2) is 30.7 Å². The normalized spacial score (nSPS) is 21.9. The standard InChI is InChI=1S/C11H10N2O4/c1-13-10(14)9(12-11(13)15)6-2-3-7-8(4-6)17-5-16-7/h2-4,9H,5H2,1H3,(H,12,15). The molecule has 3 amide bonds. The molecule has 2 heterocycles. The van der Waals surface area contributed by atoms with Crippen molar-refractivity contribution in [3.05, 3.63) is 23.8 Å². The van der Waals surface area contributed by atoms with Crippen molar-refractivity contribution in [3.8, 4) is 11.5 Å². The Labute approximate surface area is 97.1 Å². The van der Waals surface area contributed by atoms with Crippen molar-refractivity contribution in [2.75, 3.05) is 13.8 Å². The summed E-state index contributed by atoms with van der Waals surface area (Å²) in [5, 5.41) is 2.60. The van der Waals surface area contributed by atoms with Crippen LogP contribution in [0.25, 0.3) is 0 Å². The second-order valence-corrected chi connectivity index (χ2v) is 3.89. The number of nitrogens with zero attached hydrogens (tertiary/aromatic N) is 1. The molecule has 1 N–H and O–H groups in total. The van der Waals surface area contributed by atoms with Crippen LogP contribution >= 0.6 is 0 Å². The predicted octanol–water partition coefficient (Wildman–Crippen LogP) is 0.638. The fourth-order valence-corrected chi connectivity index (χ4v) is 1.89. The van der Waals surface area contributed by atoms with Crippen molar-refractivity contribution >= 4 is 11.9 Å².